The Hall–Kier alpha value is -2.79. The number of rotatable bonds is 4. The average Bonchev–Trinajstić information content (AvgIpc) is 3.31. The summed E-state index contributed by atoms with van der Waals surface area (Å²) in [5.41, 5.74) is 5.28. The van der Waals surface area contributed by atoms with E-state index in [1.807, 2.05) is 10.9 Å². The van der Waals surface area contributed by atoms with E-state index < -0.39 is 6.10 Å². The predicted octanol–water partition coefficient (Wildman–Crippen LogP) is 5.24. The summed E-state index contributed by atoms with van der Waals surface area (Å²) >= 11 is 0. The lowest BCUT2D eigenvalue weighted by atomic mass is 9.80. The van der Waals surface area contributed by atoms with Crippen molar-refractivity contribution in [3.63, 3.8) is 0 Å². The summed E-state index contributed by atoms with van der Waals surface area (Å²) in [5.74, 6) is 0.253. The molecule has 0 bridgehead atoms. The van der Waals surface area contributed by atoms with Crippen LogP contribution in [-0.2, 0) is 6.42 Å². The lowest BCUT2D eigenvalue weighted by Crippen LogP contribution is -2.18. The van der Waals surface area contributed by atoms with E-state index in [-0.39, 0.29) is 11.6 Å². The maximum Gasteiger partial charge on any atom is 0.123 e. The topological polar surface area (TPSA) is 38.1 Å². The highest BCUT2D eigenvalue weighted by atomic mass is 19.1. The summed E-state index contributed by atoms with van der Waals surface area (Å²) in [5, 5.41) is 15.2. The fraction of sp³-hybridized carbons (Fsp3) is 0.292. The van der Waals surface area contributed by atoms with Crippen LogP contribution in [0.5, 0.6) is 0 Å². The number of aromatic nitrogens is 2. The van der Waals surface area contributed by atoms with E-state index >= 15 is 0 Å². The molecule has 1 fully saturated rings. The average molecular weight is 392 g/mol. The van der Waals surface area contributed by atoms with Crippen molar-refractivity contribution in [2.75, 3.05) is 0 Å². The molecule has 5 heteroatoms. The Bertz CT molecular complexity index is 1050. The first kappa shape index (κ1) is 18.3. The molecule has 3 aromatic rings. The SMILES string of the molecule is O[C@H](C[C@H]1CCC2=Cc3c(cnn3-c3ccc(F)cc3)C[C@@H]21)c1ccc(F)cc1. The minimum atomic E-state index is -0.580. The molecule has 0 unspecified atom stereocenters. The number of aliphatic hydroxyl groups excluding tert-OH is 1. The number of aliphatic hydroxyl groups is 1. The molecular weight excluding hydrogens is 370 g/mol. The Morgan fingerprint density at radius 2 is 1.72 bits per heavy atom. The van der Waals surface area contributed by atoms with Crippen molar-refractivity contribution >= 4 is 6.08 Å². The summed E-state index contributed by atoms with van der Waals surface area (Å²) in [6.07, 6.45) is 7.19. The lowest BCUT2D eigenvalue weighted by Gasteiger charge is -2.26. The Kier molecular flexibility index (Phi) is 4.55. The van der Waals surface area contributed by atoms with Gasteiger partial charge in [-0.15, -0.1) is 0 Å². The first-order chi connectivity index (χ1) is 14.1. The van der Waals surface area contributed by atoms with Gasteiger partial charge in [-0.2, -0.15) is 5.10 Å². The maximum atomic E-state index is 13.3. The Morgan fingerprint density at radius 1 is 1.03 bits per heavy atom. The van der Waals surface area contributed by atoms with Crippen molar-refractivity contribution in [3.8, 4) is 5.69 Å². The van der Waals surface area contributed by atoms with Crippen molar-refractivity contribution in [1.82, 2.24) is 9.78 Å². The van der Waals surface area contributed by atoms with Gasteiger partial charge in [0.1, 0.15) is 11.6 Å². The molecule has 0 radical (unpaired) electrons. The van der Waals surface area contributed by atoms with Crippen LogP contribution in [0.1, 0.15) is 42.2 Å². The Morgan fingerprint density at radius 3 is 2.45 bits per heavy atom. The van der Waals surface area contributed by atoms with Crippen LogP contribution >= 0.6 is 0 Å². The van der Waals surface area contributed by atoms with E-state index in [2.05, 4.69) is 11.2 Å². The molecular formula is C24H22F2N2O. The molecule has 29 heavy (non-hydrogen) atoms. The van der Waals surface area contributed by atoms with E-state index in [1.54, 1.807) is 24.3 Å². The molecule has 1 saturated carbocycles. The fourth-order valence-corrected chi connectivity index (χ4v) is 4.81. The molecule has 3 nitrogen and oxygen atoms in total. The monoisotopic (exact) mass is 392 g/mol. The number of hydrogen-bond acceptors (Lipinski definition) is 2. The highest BCUT2D eigenvalue weighted by molar-refractivity contribution is 5.60. The Balaban J connectivity index is 1.36. The molecule has 3 atom stereocenters. The molecule has 5 rings (SSSR count). The van der Waals surface area contributed by atoms with Crippen LogP contribution in [0.15, 0.2) is 60.3 Å². The maximum absolute atomic E-state index is 13.3. The summed E-state index contributed by atoms with van der Waals surface area (Å²) in [4.78, 5) is 0. The van der Waals surface area contributed by atoms with Crippen LogP contribution in [-0.4, -0.2) is 14.9 Å². The second-order valence-corrected chi connectivity index (χ2v) is 8.07. The number of hydrogen-bond donors (Lipinski definition) is 1. The fourth-order valence-electron chi connectivity index (χ4n) is 4.81. The number of halogens is 2. The van der Waals surface area contributed by atoms with Crippen LogP contribution in [0, 0.1) is 23.5 Å². The summed E-state index contributed by atoms with van der Waals surface area (Å²) < 4.78 is 28.3. The molecule has 2 aliphatic carbocycles. The van der Waals surface area contributed by atoms with Crippen LogP contribution in [0.25, 0.3) is 11.8 Å². The van der Waals surface area contributed by atoms with Crippen molar-refractivity contribution in [2.24, 2.45) is 11.8 Å². The van der Waals surface area contributed by atoms with Gasteiger partial charge in [-0.05, 0) is 91.1 Å². The van der Waals surface area contributed by atoms with Crippen molar-refractivity contribution < 1.29 is 13.9 Å². The van der Waals surface area contributed by atoms with E-state index in [1.165, 1.54) is 35.4 Å². The van der Waals surface area contributed by atoms with Gasteiger partial charge in [-0.1, -0.05) is 17.7 Å². The third-order valence-corrected chi connectivity index (χ3v) is 6.35. The minimum Gasteiger partial charge on any atom is -0.388 e. The summed E-state index contributed by atoms with van der Waals surface area (Å²) in [6, 6.07) is 12.5. The summed E-state index contributed by atoms with van der Waals surface area (Å²) in [7, 11) is 0. The van der Waals surface area contributed by atoms with Gasteiger partial charge < -0.3 is 5.11 Å². The number of nitrogens with zero attached hydrogens (tertiary/aromatic N) is 2. The third kappa shape index (κ3) is 3.40. The van der Waals surface area contributed by atoms with Gasteiger partial charge in [0.05, 0.1) is 23.7 Å². The van der Waals surface area contributed by atoms with Gasteiger partial charge in [0.15, 0.2) is 0 Å². The number of benzene rings is 2. The molecule has 0 aliphatic heterocycles. The summed E-state index contributed by atoms with van der Waals surface area (Å²) in [6.45, 7) is 0. The first-order valence-corrected chi connectivity index (χ1v) is 10.1. The molecule has 2 aromatic carbocycles. The molecule has 0 spiro atoms. The largest absolute Gasteiger partial charge is 0.388 e. The Labute approximate surface area is 168 Å². The van der Waals surface area contributed by atoms with Crippen LogP contribution in [0.2, 0.25) is 0 Å². The van der Waals surface area contributed by atoms with E-state index in [0.717, 1.165) is 36.2 Å². The van der Waals surface area contributed by atoms with Crippen molar-refractivity contribution in [3.05, 3.63) is 88.8 Å². The molecule has 1 aromatic heterocycles. The number of allylic oxidation sites excluding steroid dienone is 1. The second kappa shape index (κ2) is 7.23. The smallest absolute Gasteiger partial charge is 0.123 e. The number of fused-ring (bicyclic) bond motifs is 2. The molecule has 0 amide bonds. The highest BCUT2D eigenvalue weighted by Crippen LogP contribution is 2.46. The first-order valence-electron chi connectivity index (χ1n) is 10.1. The van der Waals surface area contributed by atoms with Gasteiger partial charge in [-0.3, -0.25) is 0 Å². The van der Waals surface area contributed by atoms with Gasteiger partial charge in [0.2, 0.25) is 0 Å². The zero-order chi connectivity index (χ0) is 20.0. The molecule has 2 aliphatic rings. The van der Waals surface area contributed by atoms with Crippen LogP contribution in [0.4, 0.5) is 8.78 Å². The zero-order valence-corrected chi connectivity index (χ0v) is 15.9. The lowest BCUT2D eigenvalue weighted by molar-refractivity contribution is 0.134. The molecule has 148 valence electrons. The van der Waals surface area contributed by atoms with Gasteiger partial charge >= 0.3 is 0 Å². The van der Waals surface area contributed by atoms with Crippen molar-refractivity contribution in [1.29, 1.82) is 0 Å². The minimum absolute atomic E-state index is 0.258. The van der Waals surface area contributed by atoms with E-state index in [9.17, 15) is 13.9 Å². The van der Waals surface area contributed by atoms with Gasteiger partial charge in [0, 0.05) is 0 Å². The standard InChI is InChI=1S/C24H22F2N2O/c25-19-5-3-15(4-6-19)24(29)13-17-2-1-16-12-23-18(11-22(16)17)14-27-28(23)21-9-7-20(26)8-10-21/h3-10,12,14,17,22,24,29H,1-2,11,13H2/t17-,22+,24-/m1/s1. The third-order valence-electron chi connectivity index (χ3n) is 6.35. The van der Waals surface area contributed by atoms with Crippen LogP contribution in [0.3, 0.4) is 0 Å². The van der Waals surface area contributed by atoms with Crippen molar-refractivity contribution in [2.45, 2.75) is 31.8 Å². The molecule has 0 saturated heterocycles. The van der Waals surface area contributed by atoms with E-state index in [4.69, 9.17) is 0 Å². The molecule has 1 N–H and O–H groups in total. The molecule has 1 heterocycles. The highest BCUT2D eigenvalue weighted by Gasteiger charge is 2.36. The zero-order valence-electron chi connectivity index (χ0n) is 15.9. The predicted molar refractivity (Wildman–Crippen MR) is 107 cm³/mol. The second-order valence-electron chi connectivity index (χ2n) is 8.07. The van der Waals surface area contributed by atoms with Gasteiger partial charge in [0.25, 0.3) is 0 Å². The quantitative estimate of drug-likeness (QED) is 0.659. The normalized spacial score (nSPS) is 21.4. The van der Waals surface area contributed by atoms with E-state index in [0.29, 0.717) is 18.3 Å². The van der Waals surface area contributed by atoms with Gasteiger partial charge in [-0.25, -0.2) is 13.5 Å². The van der Waals surface area contributed by atoms with Crippen LogP contribution < -0.4 is 0 Å².